The van der Waals surface area contributed by atoms with Gasteiger partial charge in [0.05, 0.1) is 12.9 Å². The van der Waals surface area contributed by atoms with Crippen LogP contribution in [0.25, 0.3) is 0 Å². The summed E-state index contributed by atoms with van der Waals surface area (Å²) in [5, 5.41) is 0. The summed E-state index contributed by atoms with van der Waals surface area (Å²) in [5.74, 6) is 0.805. The number of rotatable bonds is 5. The first-order valence-corrected chi connectivity index (χ1v) is 9.14. The van der Waals surface area contributed by atoms with E-state index < -0.39 is 0 Å². The van der Waals surface area contributed by atoms with Crippen molar-refractivity contribution in [2.75, 3.05) is 13.1 Å². The molecule has 1 saturated heterocycles. The number of nitrogens with zero attached hydrogens (tertiary/aromatic N) is 3. The van der Waals surface area contributed by atoms with E-state index in [1.54, 1.807) is 23.5 Å². The van der Waals surface area contributed by atoms with E-state index in [-0.39, 0.29) is 17.6 Å². The number of amides is 1. The fourth-order valence-corrected chi connectivity index (χ4v) is 3.51. The number of piperidine rings is 1. The van der Waals surface area contributed by atoms with Crippen molar-refractivity contribution in [3.8, 4) is 0 Å². The largest absolute Gasteiger partial charge is 0.454 e. The van der Waals surface area contributed by atoms with Crippen molar-refractivity contribution in [2.24, 2.45) is 5.92 Å². The lowest BCUT2D eigenvalue weighted by Gasteiger charge is -2.31. The topological polar surface area (TPSA) is 68.3 Å². The van der Waals surface area contributed by atoms with E-state index in [4.69, 9.17) is 4.42 Å². The molecular formula is C21H21N3O3. The molecule has 1 aliphatic rings. The fraction of sp³-hybridized carbons (Fsp3) is 0.286. The maximum absolute atomic E-state index is 12.8. The minimum atomic E-state index is -0.162. The smallest absolute Gasteiger partial charge is 0.289 e. The van der Waals surface area contributed by atoms with E-state index in [9.17, 15) is 9.59 Å². The molecule has 0 radical (unpaired) electrons. The Hall–Kier alpha value is -3.15. The van der Waals surface area contributed by atoms with E-state index in [1.807, 2.05) is 47.2 Å². The quantitative estimate of drug-likeness (QED) is 0.653. The van der Waals surface area contributed by atoms with E-state index in [0.29, 0.717) is 36.7 Å². The van der Waals surface area contributed by atoms with Crippen LogP contribution in [0.5, 0.6) is 0 Å². The molecule has 1 aliphatic heterocycles. The summed E-state index contributed by atoms with van der Waals surface area (Å²) in [6.45, 7) is 1.61. The van der Waals surface area contributed by atoms with Crippen LogP contribution >= 0.6 is 0 Å². The summed E-state index contributed by atoms with van der Waals surface area (Å²) in [6, 6.07) is 12.8. The van der Waals surface area contributed by atoms with Gasteiger partial charge in [-0.2, -0.15) is 0 Å². The summed E-state index contributed by atoms with van der Waals surface area (Å²) in [6.07, 6.45) is 6.87. The maximum Gasteiger partial charge on any atom is 0.289 e. The van der Waals surface area contributed by atoms with Crippen molar-refractivity contribution < 1.29 is 14.0 Å². The third-order valence-corrected chi connectivity index (χ3v) is 4.91. The number of carbonyl (C=O) groups is 2. The van der Waals surface area contributed by atoms with E-state index >= 15 is 0 Å². The molecule has 138 valence electrons. The molecule has 1 fully saturated rings. The number of hydrogen-bond donors (Lipinski definition) is 0. The second-order valence-corrected chi connectivity index (χ2v) is 6.82. The average Bonchev–Trinajstić information content (AvgIpc) is 3.40. The van der Waals surface area contributed by atoms with Crippen molar-refractivity contribution >= 4 is 11.7 Å². The fourth-order valence-electron chi connectivity index (χ4n) is 3.51. The van der Waals surface area contributed by atoms with Crippen LogP contribution in [-0.2, 0) is 6.54 Å². The molecule has 3 heterocycles. The van der Waals surface area contributed by atoms with Gasteiger partial charge in [-0.1, -0.05) is 30.3 Å². The lowest BCUT2D eigenvalue weighted by atomic mass is 9.90. The zero-order valence-electron chi connectivity index (χ0n) is 15.0. The molecule has 1 aromatic carbocycles. The zero-order valence-corrected chi connectivity index (χ0v) is 15.0. The zero-order chi connectivity index (χ0) is 18.6. The predicted molar refractivity (Wildman–Crippen MR) is 99.4 cm³/mol. The van der Waals surface area contributed by atoms with Crippen molar-refractivity contribution in [1.29, 1.82) is 0 Å². The van der Waals surface area contributed by atoms with Gasteiger partial charge in [0.1, 0.15) is 5.76 Å². The van der Waals surface area contributed by atoms with Gasteiger partial charge in [-0.25, -0.2) is 4.98 Å². The summed E-state index contributed by atoms with van der Waals surface area (Å²) >= 11 is 0. The Morgan fingerprint density at radius 2 is 2.00 bits per heavy atom. The molecule has 1 amide bonds. The maximum atomic E-state index is 12.8. The SMILES string of the molecule is O=C(c1ccccc1)[C@@H]1CCCN(C(=O)c2ccc(Cn3ccnc3)o2)C1. The van der Waals surface area contributed by atoms with Gasteiger partial charge < -0.3 is 13.9 Å². The molecular weight excluding hydrogens is 342 g/mol. The van der Waals surface area contributed by atoms with Crippen molar-refractivity contribution in [3.63, 3.8) is 0 Å². The third kappa shape index (κ3) is 3.84. The Balaban J connectivity index is 1.43. The Morgan fingerprint density at radius 3 is 2.78 bits per heavy atom. The lowest BCUT2D eigenvalue weighted by molar-refractivity contribution is 0.0609. The molecule has 6 nitrogen and oxygen atoms in total. The van der Waals surface area contributed by atoms with Crippen LogP contribution in [0.15, 0.2) is 65.6 Å². The molecule has 0 spiro atoms. The highest BCUT2D eigenvalue weighted by molar-refractivity contribution is 5.99. The first-order valence-electron chi connectivity index (χ1n) is 9.14. The van der Waals surface area contributed by atoms with Crippen LogP contribution in [0, 0.1) is 5.92 Å². The second kappa shape index (κ2) is 7.61. The van der Waals surface area contributed by atoms with Crippen LogP contribution in [0.1, 0.15) is 39.5 Å². The minimum Gasteiger partial charge on any atom is -0.454 e. The molecule has 2 aromatic heterocycles. The van der Waals surface area contributed by atoms with Crippen LogP contribution in [0.4, 0.5) is 0 Å². The molecule has 0 saturated carbocycles. The Bertz CT molecular complexity index is 915. The molecule has 1 atom stereocenters. The summed E-state index contributed by atoms with van der Waals surface area (Å²) in [5.41, 5.74) is 0.706. The first-order chi connectivity index (χ1) is 13.2. The van der Waals surface area contributed by atoms with E-state index in [2.05, 4.69) is 4.98 Å². The molecule has 4 rings (SSSR count). The van der Waals surface area contributed by atoms with Crippen LogP contribution in [0.3, 0.4) is 0 Å². The number of imidazole rings is 1. The van der Waals surface area contributed by atoms with Gasteiger partial charge in [-0.3, -0.25) is 9.59 Å². The van der Waals surface area contributed by atoms with Gasteiger partial charge in [0.25, 0.3) is 5.91 Å². The summed E-state index contributed by atoms with van der Waals surface area (Å²) in [7, 11) is 0. The second-order valence-electron chi connectivity index (χ2n) is 6.82. The van der Waals surface area contributed by atoms with Crippen LogP contribution < -0.4 is 0 Å². The van der Waals surface area contributed by atoms with E-state index in [1.165, 1.54) is 0 Å². The monoisotopic (exact) mass is 363 g/mol. The molecule has 27 heavy (non-hydrogen) atoms. The van der Waals surface area contributed by atoms with E-state index in [0.717, 1.165) is 12.8 Å². The highest BCUT2D eigenvalue weighted by Gasteiger charge is 2.30. The van der Waals surface area contributed by atoms with Crippen molar-refractivity contribution in [3.05, 3.63) is 78.3 Å². The molecule has 0 N–H and O–H groups in total. The number of likely N-dealkylation sites (tertiary alicyclic amines) is 1. The number of carbonyl (C=O) groups excluding carboxylic acids is 2. The number of hydrogen-bond acceptors (Lipinski definition) is 4. The number of furan rings is 1. The van der Waals surface area contributed by atoms with Gasteiger partial charge in [-0.15, -0.1) is 0 Å². The van der Waals surface area contributed by atoms with Gasteiger partial charge in [0.15, 0.2) is 11.5 Å². The number of benzene rings is 1. The Kier molecular flexibility index (Phi) is 4.87. The highest BCUT2D eigenvalue weighted by atomic mass is 16.4. The molecule has 6 heteroatoms. The molecule has 0 aliphatic carbocycles. The minimum absolute atomic E-state index is 0.105. The first kappa shape index (κ1) is 17.3. The van der Waals surface area contributed by atoms with Crippen molar-refractivity contribution in [1.82, 2.24) is 14.5 Å². The standard InChI is InChI=1S/C21H21N3O3/c25-20(16-5-2-1-3-6-16)17-7-4-11-24(13-17)21(26)19-9-8-18(27-19)14-23-12-10-22-15-23/h1-3,5-6,8-10,12,15,17H,4,7,11,13-14H2/t17-/m1/s1. The molecule has 0 bridgehead atoms. The molecule has 3 aromatic rings. The highest BCUT2D eigenvalue weighted by Crippen LogP contribution is 2.23. The number of aromatic nitrogens is 2. The normalized spacial score (nSPS) is 17.0. The predicted octanol–water partition coefficient (Wildman–Crippen LogP) is 3.26. The average molecular weight is 363 g/mol. The van der Waals surface area contributed by atoms with Gasteiger partial charge in [0, 0.05) is 37.0 Å². The Labute approximate surface area is 157 Å². The van der Waals surface area contributed by atoms with Gasteiger partial charge in [-0.05, 0) is 25.0 Å². The summed E-state index contributed by atoms with van der Waals surface area (Å²) < 4.78 is 7.61. The van der Waals surface area contributed by atoms with Gasteiger partial charge in [0.2, 0.25) is 0 Å². The van der Waals surface area contributed by atoms with Crippen LogP contribution in [0.2, 0.25) is 0 Å². The van der Waals surface area contributed by atoms with Crippen molar-refractivity contribution in [2.45, 2.75) is 19.4 Å². The van der Waals surface area contributed by atoms with Crippen LogP contribution in [-0.4, -0.2) is 39.2 Å². The number of Topliss-reactive ketones (excluding diaryl/α,β-unsaturated/α-hetero) is 1. The number of ketones is 1. The lowest BCUT2D eigenvalue weighted by Crippen LogP contribution is -2.42. The molecule has 0 unspecified atom stereocenters. The third-order valence-electron chi connectivity index (χ3n) is 4.91. The Morgan fingerprint density at radius 1 is 1.15 bits per heavy atom. The van der Waals surface area contributed by atoms with Gasteiger partial charge >= 0.3 is 0 Å². The summed E-state index contributed by atoms with van der Waals surface area (Å²) in [4.78, 5) is 31.3.